The van der Waals surface area contributed by atoms with E-state index in [0.29, 0.717) is 0 Å². The fraction of sp³-hybridized carbons (Fsp3) is 0.444. The molecule has 21 heavy (non-hydrogen) atoms. The quantitative estimate of drug-likeness (QED) is 0.732. The smallest absolute Gasteiger partial charge is 0.119 e. The van der Waals surface area contributed by atoms with Crippen molar-refractivity contribution in [2.75, 3.05) is 6.61 Å². The number of rotatable bonds is 8. The van der Waals surface area contributed by atoms with Crippen LogP contribution in [0.5, 0.6) is 5.75 Å². The molecule has 0 atom stereocenters. The summed E-state index contributed by atoms with van der Waals surface area (Å²) in [6.45, 7) is 4.94. The number of nitrogens with two attached hydrogens (primary N) is 1. The fourth-order valence-electron chi connectivity index (χ4n) is 2.09. The maximum Gasteiger partial charge on any atom is 0.119 e. The van der Waals surface area contributed by atoms with Crippen LogP contribution in [0.15, 0.2) is 42.5 Å². The lowest BCUT2D eigenvalue weighted by Crippen LogP contribution is -2.32. The molecule has 0 unspecified atom stereocenters. The lowest BCUT2D eigenvalue weighted by atomic mass is 10.00. The van der Waals surface area contributed by atoms with Gasteiger partial charge in [-0.3, -0.25) is 0 Å². The average molecular weight is 303 g/mol. The molecule has 0 spiro atoms. The lowest BCUT2D eigenvalue weighted by molar-refractivity contribution is 0.311. The van der Waals surface area contributed by atoms with Gasteiger partial charge in [0.2, 0.25) is 0 Å². The molecule has 0 aliphatic carbocycles. The first-order chi connectivity index (χ1) is 10.0. The minimum atomic E-state index is -0.0757. The van der Waals surface area contributed by atoms with Crippen LogP contribution in [0.4, 0.5) is 0 Å². The molecule has 1 aromatic heterocycles. The van der Waals surface area contributed by atoms with Crippen LogP contribution >= 0.6 is 11.3 Å². The van der Waals surface area contributed by atoms with Gasteiger partial charge in [0.25, 0.3) is 0 Å². The Morgan fingerprint density at radius 2 is 1.67 bits per heavy atom. The highest BCUT2D eigenvalue weighted by atomic mass is 32.1. The molecule has 2 rings (SSSR count). The largest absolute Gasteiger partial charge is 0.494 e. The number of hydrogen-bond donors (Lipinski definition) is 1. The van der Waals surface area contributed by atoms with Gasteiger partial charge in [0.05, 0.1) is 6.61 Å². The first kappa shape index (κ1) is 16.1. The molecule has 2 aromatic rings. The monoisotopic (exact) mass is 303 g/mol. The summed E-state index contributed by atoms with van der Waals surface area (Å²) in [5.41, 5.74) is 5.96. The zero-order chi connectivity index (χ0) is 15.1. The molecule has 0 amide bonds. The molecule has 1 heterocycles. The summed E-state index contributed by atoms with van der Waals surface area (Å²) < 4.78 is 5.71. The Morgan fingerprint density at radius 3 is 2.33 bits per heavy atom. The molecule has 3 heteroatoms. The van der Waals surface area contributed by atoms with E-state index in [-0.39, 0.29) is 5.54 Å². The van der Waals surface area contributed by atoms with Crippen molar-refractivity contribution in [1.82, 2.24) is 0 Å². The van der Waals surface area contributed by atoms with Gasteiger partial charge in [-0.15, -0.1) is 11.3 Å². The first-order valence-corrected chi connectivity index (χ1v) is 8.39. The highest BCUT2D eigenvalue weighted by Gasteiger charge is 2.11. The maximum atomic E-state index is 6.03. The zero-order valence-electron chi connectivity index (χ0n) is 13.0. The number of aryl methyl sites for hydroxylation is 2. The van der Waals surface area contributed by atoms with Gasteiger partial charge in [0.1, 0.15) is 5.75 Å². The van der Waals surface area contributed by atoms with Crippen molar-refractivity contribution in [3.8, 4) is 5.75 Å². The van der Waals surface area contributed by atoms with E-state index in [2.05, 4.69) is 26.0 Å². The molecule has 2 N–H and O–H groups in total. The number of benzene rings is 1. The van der Waals surface area contributed by atoms with Crippen LogP contribution < -0.4 is 10.5 Å². The van der Waals surface area contributed by atoms with Crippen LogP contribution in [0.1, 0.15) is 36.4 Å². The molecule has 0 aliphatic rings. The topological polar surface area (TPSA) is 35.2 Å². The second-order valence-electron chi connectivity index (χ2n) is 6.12. The van der Waals surface area contributed by atoms with Crippen LogP contribution in [0.3, 0.4) is 0 Å². The predicted molar refractivity (Wildman–Crippen MR) is 91.2 cm³/mol. The van der Waals surface area contributed by atoms with Crippen molar-refractivity contribution >= 4 is 11.3 Å². The van der Waals surface area contributed by atoms with Crippen LogP contribution in [-0.4, -0.2) is 12.1 Å². The van der Waals surface area contributed by atoms with E-state index in [4.69, 9.17) is 10.5 Å². The van der Waals surface area contributed by atoms with Gasteiger partial charge in [0, 0.05) is 15.3 Å². The maximum absolute atomic E-state index is 6.03. The summed E-state index contributed by atoms with van der Waals surface area (Å²) in [6, 6.07) is 14.5. The molecule has 0 aliphatic heterocycles. The van der Waals surface area contributed by atoms with Gasteiger partial charge in [-0.2, -0.15) is 0 Å². The van der Waals surface area contributed by atoms with Crippen molar-refractivity contribution in [2.24, 2.45) is 5.73 Å². The summed E-state index contributed by atoms with van der Waals surface area (Å²) >= 11 is 1.91. The Kier molecular flexibility index (Phi) is 5.83. The Hall–Kier alpha value is -1.32. The van der Waals surface area contributed by atoms with E-state index in [9.17, 15) is 0 Å². The van der Waals surface area contributed by atoms with Crippen molar-refractivity contribution in [3.05, 3.63) is 52.2 Å². The molecule has 0 saturated heterocycles. The number of thiophene rings is 1. The van der Waals surface area contributed by atoms with Gasteiger partial charge in [-0.1, -0.05) is 18.2 Å². The summed E-state index contributed by atoms with van der Waals surface area (Å²) in [7, 11) is 0. The molecule has 1 aromatic carbocycles. The molecule has 114 valence electrons. The first-order valence-electron chi connectivity index (χ1n) is 7.57. The van der Waals surface area contributed by atoms with Crippen molar-refractivity contribution in [2.45, 2.75) is 45.1 Å². The highest BCUT2D eigenvalue weighted by molar-refractivity contribution is 7.11. The summed E-state index contributed by atoms with van der Waals surface area (Å²) in [6.07, 6.45) is 4.25. The van der Waals surface area contributed by atoms with Gasteiger partial charge in [-0.25, -0.2) is 0 Å². The van der Waals surface area contributed by atoms with E-state index in [0.717, 1.165) is 38.0 Å². The second-order valence-corrected chi connectivity index (χ2v) is 7.37. The van der Waals surface area contributed by atoms with E-state index >= 15 is 0 Å². The van der Waals surface area contributed by atoms with Crippen LogP contribution in [0, 0.1) is 0 Å². The van der Waals surface area contributed by atoms with Gasteiger partial charge >= 0.3 is 0 Å². The molecular weight excluding hydrogens is 278 g/mol. The van der Waals surface area contributed by atoms with Crippen molar-refractivity contribution in [1.29, 1.82) is 0 Å². The summed E-state index contributed by atoms with van der Waals surface area (Å²) in [5.74, 6) is 0.953. The predicted octanol–water partition coefficient (Wildman–Crippen LogP) is 4.43. The van der Waals surface area contributed by atoms with E-state index in [1.165, 1.54) is 9.75 Å². The highest BCUT2D eigenvalue weighted by Crippen LogP contribution is 2.21. The third-order valence-corrected chi connectivity index (χ3v) is 4.52. The fourth-order valence-corrected chi connectivity index (χ4v) is 3.15. The van der Waals surface area contributed by atoms with Crippen LogP contribution in [0.25, 0.3) is 0 Å². The third-order valence-electron chi connectivity index (χ3n) is 3.31. The normalized spacial score (nSPS) is 11.6. The zero-order valence-corrected chi connectivity index (χ0v) is 13.8. The third kappa shape index (κ3) is 6.32. The summed E-state index contributed by atoms with van der Waals surface area (Å²) in [5, 5.41) is 0. The molecule has 0 fully saturated rings. The van der Waals surface area contributed by atoms with E-state index in [1.54, 1.807) is 0 Å². The molecule has 2 nitrogen and oxygen atoms in total. The van der Waals surface area contributed by atoms with Crippen LogP contribution in [-0.2, 0) is 12.8 Å². The lowest BCUT2D eigenvalue weighted by Gasteiger charge is -2.17. The Bertz CT molecular complexity index is 528. The van der Waals surface area contributed by atoms with E-state index in [1.807, 2.05) is 41.7 Å². The number of hydrogen-bond acceptors (Lipinski definition) is 3. The van der Waals surface area contributed by atoms with Gasteiger partial charge in [-0.05, 0) is 63.8 Å². The number of para-hydroxylation sites is 1. The summed E-state index contributed by atoms with van der Waals surface area (Å²) in [4.78, 5) is 2.88. The Morgan fingerprint density at radius 1 is 1.00 bits per heavy atom. The standard InChI is InChI=1S/C18H25NOS/c1-18(2,19)13-12-17-11-10-16(21-17)9-6-14-20-15-7-4-3-5-8-15/h3-5,7-8,10-11H,6,9,12-14,19H2,1-2H3. The molecule has 0 bridgehead atoms. The molecular formula is C18H25NOS. The van der Waals surface area contributed by atoms with Gasteiger partial charge < -0.3 is 10.5 Å². The van der Waals surface area contributed by atoms with E-state index < -0.39 is 0 Å². The van der Waals surface area contributed by atoms with Crippen molar-refractivity contribution < 1.29 is 4.74 Å². The molecule has 0 radical (unpaired) electrons. The Labute approximate surface area is 132 Å². The number of ether oxygens (including phenoxy) is 1. The SMILES string of the molecule is CC(C)(N)CCc1ccc(CCCOc2ccccc2)s1. The average Bonchev–Trinajstić information content (AvgIpc) is 2.90. The van der Waals surface area contributed by atoms with Crippen LogP contribution in [0.2, 0.25) is 0 Å². The molecule has 0 saturated carbocycles. The van der Waals surface area contributed by atoms with Gasteiger partial charge in [0.15, 0.2) is 0 Å². The minimum Gasteiger partial charge on any atom is -0.494 e. The minimum absolute atomic E-state index is 0.0757. The Balaban J connectivity index is 1.68. The van der Waals surface area contributed by atoms with Crippen molar-refractivity contribution in [3.63, 3.8) is 0 Å². The second kappa shape index (κ2) is 7.62.